The van der Waals surface area contributed by atoms with Gasteiger partial charge in [-0.05, 0) is 30.3 Å². The molecule has 0 unspecified atom stereocenters. The highest BCUT2D eigenvalue weighted by atomic mass is 19.1. The van der Waals surface area contributed by atoms with E-state index in [4.69, 9.17) is 9.52 Å². The van der Waals surface area contributed by atoms with E-state index in [2.05, 4.69) is 5.32 Å². The van der Waals surface area contributed by atoms with E-state index in [0.717, 1.165) is 18.2 Å². The third kappa shape index (κ3) is 3.00. The average Bonchev–Trinajstić information content (AvgIpc) is 2.88. The van der Waals surface area contributed by atoms with Crippen molar-refractivity contribution in [1.29, 1.82) is 0 Å². The standard InChI is InChI=1S/C13H9F2NO4/c14-7-1-3-10(15)9(5-7)12(17)16-6-8-2-4-11(20-8)13(18)19/h1-5H,6H2,(H,16,17)(H,18,19). The molecule has 2 rings (SSSR count). The van der Waals surface area contributed by atoms with Crippen LogP contribution < -0.4 is 5.32 Å². The second-order valence-corrected chi connectivity index (χ2v) is 3.88. The normalized spacial score (nSPS) is 10.3. The molecular weight excluding hydrogens is 272 g/mol. The van der Waals surface area contributed by atoms with Crippen LogP contribution in [0.3, 0.4) is 0 Å². The van der Waals surface area contributed by atoms with E-state index >= 15 is 0 Å². The van der Waals surface area contributed by atoms with Crippen LogP contribution in [-0.2, 0) is 6.54 Å². The summed E-state index contributed by atoms with van der Waals surface area (Å²) in [4.78, 5) is 22.2. The summed E-state index contributed by atoms with van der Waals surface area (Å²) >= 11 is 0. The van der Waals surface area contributed by atoms with Crippen LogP contribution in [-0.4, -0.2) is 17.0 Å². The minimum Gasteiger partial charge on any atom is -0.475 e. The van der Waals surface area contributed by atoms with Crippen molar-refractivity contribution >= 4 is 11.9 Å². The first-order valence-electron chi connectivity index (χ1n) is 5.52. The number of carbonyl (C=O) groups is 2. The summed E-state index contributed by atoms with van der Waals surface area (Å²) in [5.74, 6) is -3.73. The Morgan fingerprint density at radius 3 is 2.60 bits per heavy atom. The molecular formula is C13H9F2NO4. The molecule has 0 radical (unpaired) electrons. The van der Waals surface area contributed by atoms with Gasteiger partial charge in [0.1, 0.15) is 17.4 Å². The van der Waals surface area contributed by atoms with Crippen molar-refractivity contribution in [3.63, 3.8) is 0 Å². The van der Waals surface area contributed by atoms with Crippen LogP contribution in [0, 0.1) is 11.6 Å². The van der Waals surface area contributed by atoms with E-state index in [1.54, 1.807) is 0 Å². The molecule has 0 saturated carbocycles. The van der Waals surface area contributed by atoms with Gasteiger partial charge in [-0.15, -0.1) is 0 Å². The van der Waals surface area contributed by atoms with Crippen LogP contribution in [0.4, 0.5) is 8.78 Å². The Kier molecular flexibility index (Phi) is 3.79. The highest BCUT2D eigenvalue weighted by Crippen LogP contribution is 2.11. The topological polar surface area (TPSA) is 79.5 Å². The van der Waals surface area contributed by atoms with Crippen molar-refractivity contribution in [3.8, 4) is 0 Å². The Labute approximate surface area is 111 Å². The van der Waals surface area contributed by atoms with Gasteiger partial charge in [0.05, 0.1) is 12.1 Å². The van der Waals surface area contributed by atoms with Crippen molar-refractivity contribution in [3.05, 3.63) is 59.1 Å². The number of hydrogen-bond acceptors (Lipinski definition) is 3. The SMILES string of the molecule is O=C(O)c1ccc(CNC(=O)c2cc(F)ccc2F)o1. The first kappa shape index (κ1) is 13.7. The van der Waals surface area contributed by atoms with Crippen LogP contribution in [0.15, 0.2) is 34.7 Å². The monoisotopic (exact) mass is 281 g/mol. The van der Waals surface area contributed by atoms with Crippen LogP contribution in [0.5, 0.6) is 0 Å². The second-order valence-electron chi connectivity index (χ2n) is 3.88. The maximum absolute atomic E-state index is 13.3. The molecule has 20 heavy (non-hydrogen) atoms. The van der Waals surface area contributed by atoms with Gasteiger partial charge in [-0.1, -0.05) is 0 Å². The zero-order chi connectivity index (χ0) is 14.7. The molecule has 0 fully saturated rings. The predicted octanol–water partition coefficient (Wildman–Crippen LogP) is 2.19. The number of rotatable bonds is 4. The summed E-state index contributed by atoms with van der Waals surface area (Å²) in [5, 5.41) is 11.0. The third-order valence-corrected chi connectivity index (χ3v) is 2.47. The summed E-state index contributed by atoms with van der Waals surface area (Å²) in [6.07, 6.45) is 0. The van der Waals surface area contributed by atoms with Crippen molar-refractivity contribution in [2.45, 2.75) is 6.54 Å². The zero-order valence-corrected chi connectivity index (χ0v) is 10.0. The summed E-state index contributed by atoms with van der Waals surface area (Å²) in [6, 6.07) is 5.12. The van der Waals surface area contributed by atoms with E-state index in [-0.39, 0.29) is 18.1 Å². The van der Waals surface area contributed by atoms with Gasteiger partial charge in [-0.25, -0.2) is 13.6 Å². The molecule has 1 heterocycles. The van der Waals surface area contributed by atoms with Gasteiger partial charge in [0.25, 0.3) is 5.91 Å². The third-order valence-electron chi connectivity index (χ3n) is 2.47. The van der Waals surface area contributed by atoms with Crippen molar-refractivity contribution in [1.82, 2.24) is 5.32 Å². The fraction of sp³-hybridized carbons (Fsp3) is 0.0769. The van der Waals surface area contributed by atoms with Crippen LogP contribution >= 0.6 is 0 Å². The number of amides is 1. The van der Waals surface area contributed by atoms with Crippen molar-refractivity contribution < 1.29 is 27.9 Å². The summed E-state index contributed by atoms with van der Waals surface area (Å²) in [6.45, 7) is -0.137. The molecule has 0 bridgehead atoms. The summed E-state index contributed by atoms with van der Waals surface area (Å²) < 4.78 is 31.2. The Hall–Kier alpha value is -2.70. The maximum Gasteiger partial charge on any atom is 0.371 e. The smallest absolute Gasteiger partial charge is 0.371 e. The lowest BCUT2D eigenvalue weighted by molar-refractivity contribution is 0.0660. The molecule has 0 spiro atoms. The van der Waals surface area contributed by atoms with E-state index in [1.807, 2.05) is 0 Å². The molecule has 0 saturated heterocycles. The largest absolute Gasteiger partial charge is 0.475 e. The number of carboxylic acid groups (broad SMARTS) is 1. The van der Waals surface area contributed by atoms with E-state index < -0.39 is 29.1 Å². The van der Waals surface area contributed by atoms with E-state index in [0.29, 0.717) is 0 Å². The van der Waals surface area contributed by atoms with Gasteiger partial charge in [-0.2, -0.15) is 0 Å². The lowest BCUT2D eigenvalue weighted by atomic mass is 10.2. The molecule has 104 valence electrons. The number of nitrogens with one attached hydrogen (secondary N) is 1. The molecule has 1 aromatic heterocycles. The first-order chi connectivity index (χ1) is 9.47. The van der Waals surface area contributed by atoms with Crippen LogP contribution in [0.2, 0.25) is 0 Å². The highest BCUT2D eigenvalue weighted by Gasteiger charge is 2.14. The quantitative estimate of drug-likeness (QED) is 0.900. The first-order valence-corrected chi connectivity index (χ1v) is 5.52. The van der Waals surface area contributed by atoms with Gasteiger partial charge in [0.2, 0.25) is 5.76 Å². The molecule has 0 aliphatic heterocycles. The van der Waals surface area contributed by atoms with E-state index in [1.165, 1.54) is 12.1 Å². The summed E-state index contributed by atoms with van der Waals surface area (Å²) in [5.41, 5.74) is -0.435. The number of carboxylic acids is 1. The molecule has 2 N–H and O–H groups in total. The van der Waals surface area contributed by atoms with Gasteiger partial charge >= 0.3 is 5.97 Å². The fourth-order valence-corrected chi connectivity index (χ4v) is 1.52. The molecule has 1 aromatic carbocycles. The minimum absolute atomic E-state index is 0.137. The molecule has 0 atom stereocenters. The molecule has 5 nitrogen and oxygen atoms in total. The second kappa shape index (κ2) is 5.52. The molecule has 0 aliphatic carbocycles. The lowest BCUT2D eigenvalue weighted by Gasteiger charge is -2.04. The average molecular weight is 281 g/mol. The minimum atomic E-state index is -1.24. The van der Waals surface area contributed by atoms with Crippen molar-refractivity contribution in [2.24, 2.45) is 0 Å². The Morgan fingerprint density at radius 2 is 1.95 bits per heavy atom. The van der Waals surface area contributed by atoms with Gasteiger partial charge < -0.3 is 14.8 Å². The summed E-state index contributed by atoms with van der Waals surface area (Å²) in [7, 11) is 0. The predicted molar refractivity (Wildman–Crippen MR) is 63.2 cm³/mol. The number of hydrogen-bond donors (Lipinski definition) is 2. The van der Waals surface area contributed by atoms with Crippen LogP contribution in [0.1, 0.15) is 26.7 Å². The number of furan rings is 1. The Balaban J connectivity index is 2.04. The fourth-order valence-electron chi connectivity index (χ4n) is 1.52. The number of carbonyl (C=O) groups excluding carboxylic acids is 1. The van der Waals surface area contributed by atoms with Gasteiger partial charge in [0.15, 0.2) is 0 Å². The van der Waals surface area contributed by atoms with Gasteiger partial charge in [-0.3, -0.25) is 4.79 Å². The van der Waals surface area contributed by atoms with Crippen LogP contribution in [0.25, 0.3) is 0 Å². The molecule has 2 aromatic rings. The van der Waals surface area contributed by atoms with Crippen molar-refractivity contribution in [2.75, 3.05) is 0 Å². The number of halogens is 2. The molecule has 1 amide bonds. The molecule has 7 heteroatoms. The van der Waals surface area contributed by atoms with E-state index in [9.17, 15) is 18.4 Å². The molecule has 0 aliphatic rings. The maximum atomic E-state index is 13.3. The lowest BCUT2D eigenvalue weighted by Crippen LogP contribution is -2.23. The Morgan fingerprint density at radius 1 is 1.20 bits per heavy atom. The Bertz CT molecular complexity index is 666. The highest BCUT2D eigenvalue weighted by molar-refractivity contribution is 5.94. The van der Waals surface area contributed by atoms with Gasteiger partial charge in [0, 0.05) is 0 Å². The number of aromatic carboxylic acids is 1. The number of benzene rings is 1. The zero-order valence-electron chi connectivity index (χ0n) is 10.0.